The first kappa shape index (κ1) is 32.4. The zero-order valence-corrected chi connectivity index (χ0v) is 31.3. The van der Waals surface area contributed by atoms with Crippen molar-refractivity contribution in [2.45, 2.75) is 0 Å². The third-order valence-electron chi connectivity index (χ3n) is 11.6. The summed E-state index contributed by atoms with van der Waals surface area (Å²) < 4.78 is 8.90. The molecular weight excluding hydrogens is 707 g/mol. The molecule has 0 saturated carbocycles. The maximum absolute atomic E-state index is 6.55. The molecule has 0 radical (unpaired) electrons. The predicted octanol–water partition coefficient (Wildman–Crippen LogP) is 14.4. The van der Waals surface area contributed by atoms with Gasteiger partial charge in [-0.3, -0.25) is 0 Å². The van der Waals surface area contributed by atoms with Crippen LogP contribution in [0.15, 0.2) is 205 Å². The van der Waals surface area contributed by atoms with Crippen molar-refractivity contribution >= 4 is 65.4 Å². The van der Waals surface area contributed by atoms with Crippen molar-refractivity contribution in [3.8, 4) is 50.6 Å². The van der Waals surface area contributed by atoms with Crippen molar-refractivity contribution in [2.75, 3.05) is 0 Å². The molecule has 0 aliphatic heterocycles. The highest BCUT2D eigenvalue weighted by Crippen LogP contribution is 2.42. The first-order valence-corrected chi connectivity index (χ1v) is 19.7. The lowest BCUT2D eigenvalue weighted by Gasteiger charge is -2.14. The van der Waals surface area contributed by atoms with Crippen molar-refractivity contribution in [3.05, 3.63) is 200 Å². The summed E-state index contributed by atoms with van der Waals surface area (Å²) >= 11 is 0. The Morgan fingerprint density at radius 2 is 1.07 bits per heavy atom. The third kappa shape index (κ3) is 5.09. The van der Waals surface area contributed by atoms with Gasteiger partial charge in [-0.15, -0.1) is 0 Å². The molecule has 12 rings (SSSR count). The Hall–Kier alpha value is -7.82. The summed E-state index contributed by atoms with van der Waals surface area (Å²) in [6, 6.07) is 70.8. The van der Waals surface area contributed by atoms with E-state index < -0.39 is 0 Å². The molecule has 9 aromatic carbocycles. The summed E-state index contributed by atoms with van der Waals surface area (Å²) in [5, 5.41) is 7.81. The molecule has 4 nitrogen and oxygen atoms in total. The molecule has 0 unspecified atom stereocenters. The maximum Gasteiger partial charge on any atom is 0.161 e. The highest BCUT2D eigenvalue weighted by molar-refractivity contribution is 6.15. The summed E-state index contributed by atoms with van der Waals surface area (Å²) in [5.74, 6) is 0.664. The summed E-state index contributed by atoms with van der Waals surface area (Å²) in [4.78, 5) is 10.7. The second-order valence-electron chi connectivity index (χ2n) is 14.9. The molecule has 0 aliphatic carbocycles. The molecule has 4 heteroatoms. The molecule has 0 bridgehead atoms. The third-order valence-corrected chi connectivity index (χ3v) is 11.6. The largest absolute Gasteiger partial charge is 0.456 e. The lowest BCUT2D eigenvalue weighted by molar-refractivity contribution is 0.669. The minimum absolute atomic E-state index is 0.664. The Morgan fingerprint density at radius 3 is 1.93 bits per heavy atom. The second-order valence-corrected chi connectivity index (χ2v) is 14.9. The van der Waals surface area contributed by atoms with Crippen molar-refractivity contribution < 1.29 is 4.42 Å². The van der Waals surface area contributed by atoms with Crippen LogP contribution in [0.25, 0.3) is 116 Å². The number of para-hydroxylation sites is 3. The fourth-order valence-electron chi connectivity index (χ4n) is 8.91. The van der Waals surface area contributed by atoms with E-state index in [4.69, 9.17) is 14.4 Å². The highest BCUT2D eigenvalue weighted by Gasteiger charge is 2.20. The molecule has 3 aromatic heterocycles. The van der Waals surface area contributed by atoms with Gasteiger partial charge < -0.3 is 8.98 Å². The smallest absolute Gasteiger partial charge is 0.161 e. The van der Waals surface area contributed by atoms with Gasteiger partial charge in [0.05, 0.1) is 22.2 Å². The zero-order valence-electron chi connectivity index (χ0n) is 31.3. The molecule has 0 saturated heterocycles. The molecule has 58 heavy (non-hydrogen) atoms. The van der Waals surface area contributed by atoms with Gasteiger partial charge in [0.25, 0.3) is 0 Å². The topological polar surface area (TPSA) is 43.9 Å². The molecule has 0 atom stereocenters. The van der Waals surface area contributed by atoms with Gasteiger partial charge >= 0.3 is 0 Å². The van der Waals surface area contributed by atoms with Crippen LogP contribution in [0.1, 0.15) is 0 Å². The molecule has 0 N–H and O–H groups in total. The van der Waals surface area contributed by atoms with E-state index in [1.54, 1.807) is 0 Å². The standard InChI is InChI=1S/C54H33N3O/c1-3-14-34(15-4-1)38-30-37-16-7-8-19-40(37)45(33-38)53-42-21-9-11-23-47(42)55-54(56-53)43-22-13-25-51-52(43)46-32-36(27-29-50(46)58-51)35-26-28-49-44(31-35)41-20-10-12-24-48(41)57(49)39-17-5-2-6-18-39/h1-33H. The lowest BCUT2D eigenvalue weighted by Crippen LogP contribution is -1.96. The fourth-order valence-corrected chi connectivity index (χ4v) is 8.91. The van der Waals surface area contributed by atoms with Crippen molar-refractivity contribution in [3.63, 3.8) is 0 Å². The van der Waals surface area contributed by atoms with Crippen molar-refractivity contribution in [1.29, 1.82) is 0 Å². The first-order valence-electron chi connectivity index (χ1n) is 19.7. The van der Waals surface area contributed by atoms with Gasteiger partial charge in [-0.05, 0) is 99.8 Å². The molecule has 3 heterocycles. The van der Waals surface area contributed by atoms with Gasteiger partial charge in [0.15, 0.2) is 5.82 Å². The number of fused-ring (bicyclic) bond motifs is 8. The average molecular weight is 740 g/mol. The molecule has 0 spiro atoms. The van der Waals surface area contributed by atoms with Crippen LogP contribution in [0.2, 0.25) is 0 Å². The summed E-state index contributed by atoms with van der Waals surface area (Å²) in [6.07, 6.45) is 0. The normalized spacial score (nSPS) is 11.8. The average Bonchev–Trinajstić information content (AvgIpc) is 3.84. The monoisotopic (exact) mass is 739 g/mol. The van der Waals surface area contributed by atoms with E-state index in [1.165, 1.54) is 32.8 Å². The Bertz CT molecular complexity index is 3560. The predicted molar refractivity (Wildman–Crippen MR) is 240 cm³/mol. The number of aromatic nitrogens is 3. The molecule has 0 amide bonds. The van der Waals surface area contributed by atoms with Gasteiger partial charge in [0.1, 0.15) is 11.2 Å². The Morgan fingerprint density at radius 1 is 0.379 bits per heavy atom. The fraction of sp³-hybridized carbons (Fsp3) is 0. The van der Waals surface area contributed by atoms with Gasteiger partial charge in [0, 0.05) is 43.7 Å². The minimum Gasteiger partial charge on any atom is -0.456 e. The van der Waals surface area contributed by atoms with E-state index in [-0.39, 0.29) is 0 Å². The van der Waals surface area contributed by atoms with Crippen LogP contribution < -0.4 is 0 Å². The van der Waals surface area contributed by atoms with Crippen LogP contribution in [0.4, 0.5) is 0 Å². The second kappa shape index (κ2) is 12.9. The lowest BCUT2D eigenvalue weighted by atomic mass is 9.93. The number of furan rings is 1. The van der Waals surface area contributed by atoms with E-state index in [0.717, 1.165) is 77.4 Å². The van der Waals surface area contributed by atoms with E-state index in [2.05, 4.69) is 193 Å². The van der Waals surface area contributed by atoms with E-state index in [9.17, 15) is 0 Å². The van der Waals surface area contributed by atoms with Gasteiger partial charge in [-0.2, -0.15) is 0 Å². The Labute approximate surface area is 333 Å². The van der Waals surface area contributed by atoms with Gasteiger partial charge in [0.2, 0.25) is 0 Å². The van der Waals surface area contributed by atoms with Crippen LogP contribution in [-0.4, -0.2) is 14.5 Å². The van der Waals surface area contributed by atoms with Crippen LogP contribution in [0.3, 0.4) is 0 Å². The first-order chi connectivity index (χ1) is 28.7. The molecule has 0 fully saturated rings. The van der Waals surface area contributed by atoms with Gasteiger partial charge in [-0.25, -0.2) is 9.97 Å². The molecule has 12 aromatic rings. The maximum atomic E-state index is 6.55. The zero-order chi connectivity index (χ0) is 38.2. The number of hydrogen-bond acceptors (Lipinski definition) is 3. The van der Waals surface area contributed by atoms with E-state index in [1.807, 2.05) is 12.1 Å². The number of hydrogen-bond donors (Lipinski definition) is 0. The summed E-state index contributed by atoms with van der Waals surface area (Å²) in [6.45, 7) is 0. The minimum atomic E-state index is 0.664. The van der Waals surface area contributed by atoms with Crippen molar-refractivity contribution in [1.82, 2.24) is 14.5 Å². The highest BCUT2D eigenvalue weighted by atomic mass is 16.3. The summed E-state index contributed by atoms with van der Waals surface area (Å²) in [5.41, 5.74) is 13.5. The molecule has 270 valence electrons. The van der Waals surface area contributed by atoms with Gasteiger partial charge in [-0.1, -0.05) is 133 Å². The Balaban J connectivity index is 1.06. The molecule has 0 aliphatic rings. The molecular formula is C54H33N3O. The van der Waals surface area contributed by atoms with E-state index in [0.29, 0.717) is 5.82 Å². The quantitative estimate of drug-likeness (QED) is 0.177. The van der Waals surface area contributed by atoms with Crippen LogP contribution in [0, 0.1) is 0 Å². The van der Waals surface area contributed by atoms with Crippen LogP contribution >= 0.6 is 0 Å². The SMILES string of the molecule is c1ccc(-c2cc(-c3nc(-c4cccc5oc6ccc(-c7ccc8c(c7)c7ccccc7n8-c7ccccc7)cc6c45)nc4ccccc34)c3ccccc3c2)cc1. The van der Waals surface area contributed by atoms with Crippen molar-refractivity contribution in [2.24, 2.45) is 0 Å². The number of nitrogens with zero attached hydrogens (tertiary/aromatic N) is 3. The Kier molecular flexibility index (Phi) is 7.20. The van der Waals surface area contributed by atoms with Crippen LogP contribution in [-0.2, 0) is 0 Å². The van der Waals surface area contributed by atoms with Crippen LogP contribution in [0.5, 0.6) is 0 Å². The number of rotatable bonds is 5. The number of benzene rings is 9. The van der Waals surface area contributed by atoms with E-state index >= 15 is 0 Å². The summed E-state index contributed by atoms with van der Waals surface area (Å²) in [7, 11) is 0.